The van der Waals surface area contributed by atoms with E-state index in [-0.39, 0.29) is 11.6 Å². The summed E-state index contributed by atoms with van der Waals surface area (Å²) < 4.78 is 0. The smallest absolute Gasteiger partial charge is 0.282 e. The number of hydrogen-bond donors (Lipinski definition) is 0. The molecule has 2 aliphatic rings. The van der Waals surface area contributed by atoms with E-state index in [1.807, 2.05) is 30.9 Å². The van der Waals surface area contributed by atoms with Gasteiger partial charge in [-0.3, -0.25) is 19.7 Å². The Morgan fingerprint density at radius 3 is 2.32 bits per heavy atom. The van der Waals surface area contributed by atoms with Crippen LogP contribution in [0.4, 0.5) is 11.4 Å². The molecule has 0 spiro atoms. The van der Waals surface area contributed by atoms with Crippen molar-refractivity contribution >= 4 is 28.8 Å². The van der Waals surface area contributed by atoms with Gasteiger partial charge in [-0.2, -0.15) is 0 Å². The van der Waals surface area contributed by atoms with Gasteiger partial charge in [0.2, 0.25) is 0 Å². The van der Waals surface area contributed by atoms with Gasteiger partial charge in [-0.25, -0.2) is 4.90 Å². The third-order valence-corrected chi connectivity index (χ3v) is 6.15. The molecule has 0 aliphatic carbocycles. The van der Waals surface area contributed by atoms with E-state index < -0.39 is 10.8 Å². The lowest BCUT2D eigenvalue weighted by Gasteiger charge is -2.33. The van der Waals surface area contributed by atoms with E-state index in [0.29, 0.717) is 41.5 Å². The molecule has 0 N–H and O–H groups in total. The molecule has 0 aromatic heterocycles. The van der Waals surface area contributed by atoms with Gasteiger partial charge in [0.05, 0.1) is 16.2 Å². The van der Waals surface area contributed by atoms with Crippen molar-refractivity contribution < 1.29 is 14.5 Å². The summed E-state index contributed by atoms with van der Waals surface area (Å²) in [7, 11) is 0. The lowest BCUT2D eigenvalue weighted by Crippen LogP contribution is -2.39. The molecule has 0 saturated carbocycles. The van der Waals surface area contributed by atoms with E-state index in [1.165, 1.54) is 17.0 Å². The largest absolute Gasteiger partial charge is 0.366 e. The fraction of sp³-hybridized carbons (Fsp3) is 0.333. The van der Waals surface area contributed by atoms with Crippen LogP contribution in [-0.2, 0) is 9.59 Å². The van der Waals surface area contributed by atoms with Crippen LogP contribution >= 0.6 is 0 Å². The highest BCUT2D eigenvalue weighted by Crippen LogP contribution is 2.37. The van der Waals surface area contributed by atoms with Gasteiger partial charge in [0.25, 0.3) is 17.5 Å². The summed E-state index contributed by atoms with van der Waals surface area (Å²) in [5.74, 6) is -0.316. The van der Waals surface area contributed by atoms with Gasteiger partial charge in [-0.1, -0.05) is 13.0 Å². The van der Waals surface area contributed by atoms with Gasteiger partial charge in [-0.15, -0.1) is 0 Å². The number of hydrogen-bond acceptors (Lipinski definition) is 5. The molecule has 1 saturated heterocycles. The molecule has 7 heteroatoms. The number of likely N-dealkylation sites (tertiary alicyclic amines) is 1. The van der Waals surface area contributed by atoms with Crippen molar-refractivity contribution in [2.24, 2.45) is 5.92 Å². The summed E-state index contributed by atoms with van der Waals surface area (Å²) >= 11 is 0. The lowest BCUT2D eigenvalue weighted by atomic mass is 9.97. The second-order valence-electron chi connectivity index (χ2n) is 8.44. The fourth-order valence-corrected chi connectivity index (χ4v) is 4.31. The van der Waals surface area contributed by atoms with Crippen LogP contribution in [0.15, 0.2) is 48.2 Å². The second-order valence-corrected chi connectivity index (χ2v) is 8.44. The van der Waals surface area contributed by atoms with Gasteiger partial charge in [-0.05, 0) is 73.6 Å². The van der Waals surface area contributed by atoms with Crippen molar-refractivity contribution in [3.63, 3.8) is 0 Å². The number of piperidine rings is 1. The number of anilines is 1. The zero-order chi connectivity index (χ0) is 22.3. The molecule has 31 heavy (non-hydrogen) atoms. The Labute approximate surface area is 181 Å². The van der Waals surface area contributed by atoms with E-state index in [0.717, 1.165) is 24.0 Å². The van der Waals surface area contributed by atoms with E-state index in [9.17, 15) is 19.7 Å². The van der Waals surface area contributed by atoms with Crippen LogP contribution in [0.2, 0.25) is 0 Å². The first-order chi connectivity index (χ1) is 14.8. The van der Waals surface area contributed by atoms with Crippen molar-refractivity contribution in [2.75, 3.05) is 18.0 Å². The predicted molar refractivity (Wildman–Crippen MR) is 118 cm³/mol. The van der Waals surface area contributed by atoms with Gasteiger partial charge < -0.3 is 4.90 Å². The molecule has 2 aromatic carbocycles. The van der Waals surface area contributed by atoms with Crippen LogP contribution in [0.1, 0.15) is 36.5 Å². The molecule has 4 rings (SSSR count). The minimum Gasteiger partial charge on any atom is -0.366 e. The summed E-state index contributed by atoms with van der Waals surface area (Å²) in [4.78, 5) is 40.9. The third kappa shape index (κ3) is 3.71. The van der Waals surface area contributed by atoms with Crippen molar-refractivity contribution in [2.45, 2.75) is 33.6 Å². The first-order valence-corrected chi connectivity index (χ1v) is 10.5. The maximum atomic E-state index is 13.6. The molecule has 2 aromatic rings. The summed E-state index contributed by atoms with van der Waals surface area (Å²) in [5.41, 5.74) is 3.78. The Kier molecular flexibility index (Phi) is 5.35. The number of amides is 2. The number of carbonyl (C=O) groups is 2. The Morgan fingerprint density at radius 2 is 1.71 bits per heavy atom. The molecule has 160 valence electrons. The molecule has 0 radical (unpaired) electrons. The topological polar surface area (TPSA) is 83.8 Å². The molecule has 0 bridgehead atoms. The average molecular weight is 419 g/mol. The number of imide groups is 1. The summed E-state index contributed by atoms with van der Waals surface area (Å²) in [5, 5.41) is 11.1. The van der Waals surface area contributed by atoms with Crippen LogP contribution in [0.25, 0.3) is 5.57 Å². The Morgan fingerprint density at radius 1 is 1.00 bits per heavy atom. The first-order valence-electron chi connectivity index (χ1n) is 10.5. The van der Waals surface area contributed by atoms with Crippen LogP contribution in [-0.4, -0.2) is 34.7 Å². The van der Waals surface area contributed by atoms with Gasteiger partial charge in [0.15, 0.2) is 0 Å². The van der Waals surface area contributed by atoms with E-state index >= 15 is 0 Å². The third-order valence-electron chi connectivity index (χ3n) is 6.15. The number of benzene rings is 2. The Hall–Kier alpha value is -3.48. The van der Waals surface area contributed by atoms with Crippen molar-refractivity contribution in [3.8, 4) is 0 Å². The highest BCUT2D eigenvalue weighted by atomic mass is 16.6. The quantitative estimate of drug-likeness (QED) is 0.421. The highest BCUT2D eigenvalue weighted by Gasteiger charge is 2.43. The van der Waals surface area contributed by atoms with Crippen molar-refractivity contribution in [1.29, 1.82) is 0 Å². The normalized spacial score (nSPS) is 19.4. The average Bonchev–Trinajstić information content (AvgIpc) is 3.00. The van der Waals surface area contributed by atoms with Crippen LogP contribution in [0.5, 0.6) is 0 Å². The number of nitro benzene ring substituents is 1. The summed E-state index contributed by atoms with van der Waals surface area (Å²) in [6, 6.07) is 11.4. The van der Waals surface area contributed by atoms with Crippen LogP contribution in [0.3, 0.4) is 0 Å². The SMILES string of the molecule is Cc1ccc(N2C(=O)C(c3ccc([N+](=O)[O-])cc3)=C(N3CCCC(C)C3)C2=O)cc1C. The van der Waals surface area contributed by atoms with Crippen molar-refractivity contribution in [3.05, 3.63) is 75.0 Å². The zero-order valence-corrected chi connectivity index (χ0v) is 17.9. The number of aryl methyl sites for hydroxylation is 2. The standard InChI is InChI=1S/C24H25N3O4/c1-15-5-4-12-25(14-15)22-21(18-7-10-19(11-8-18)27(30)31)23(28)26(24(22)29)20-9-6-16(2)17(3)13-20/h6-11,13,15H,4-5,12,14H2,1-3H3. The monoisotopic (exact) mass is 419 g/mol. The number of rotatable bonds is 4. The fourth-order valence-electron chi connectivity index (χ4n) is 4.31. The Balaban J connectivity index is 1.82. The molecule has 1 unspecified atom stereocenters. The second kappa shape index (κ2) is 7.98. The van der Waals surface area contributed by atoms with Gasteiger partial charge >= 0.3 is 0 Å². The molecule has 2 aliphatic heterocycles. The van der Waals surface area contributed by atoms with Crippen LogP contribution in [0, 0.1) is 29.9 Å². The van der Waals surface area contributed by atoms with Gasteiger partial charge in [0, 0.05) is 25.2 Å². The minimum atomic E-state index is -0.478. The number of non-ortho nitro benzene ring substituents is 1. The van der Waals surface area contributed by atoms with Crippen molar-refractivity contribution in [1.82, 2.24) is 4.90 Å². The molecule has 1 atom stereocenters. The minimum absolute atomic E-state index is 0.0553. The molecular weight excluding hydrogens is 394 g/mol. The van der Waals surface area contributed by atoms with Gasteiger partial charge in [0.1, 0.15) is 5.70 Å². The van der Waals surface area contributed by atoms with E-state index in [1.54, 1.807) is 18.2 Å². The summed E-state index contributed by atoms with van der Waals surface area (Å²) in [6.45, 7) is 7.47. The lowest BCUT2D eigenvalue weighted by molar-refractivity contribution is -0.384. The molecule has 7 nitrogen and oxygen atoms in total. The number of nitrogens with zero attached hydrogens (tertiary/aromatic N) is 3. The Bertz CT molecular complexity index is 1100. The summed E-state index contributed by atoms with van der Waals surface area (Å²) in [6.07, 6.45) is 2.03. The molecule has 2 amide bonds. The van der Waals surface area contributed by atoms with E-state index in [2.05, 4.69) is 6.92 Å². The molecule has 1 fully saturated rings. The highest BCUT2D eigenvalue weighted by molar-refractivity contribution is 6.45. The molecular formula is C24H25N3O4. The van der Waals surface area contributed by atoms with Crippen LogP contribution < -0.4 is 4.90 Å². The maximum absolute atomic E-state index is 13.6. The zero-order valence-electron chi connectivity index (χ0n) is 17.9. The first kappa shape index (κ1) is 20.8. The van der Waals surface area contributed by atoms with E-state index in [4.69, 9.17) is 0 Å². The molecule has 2 heterocycles. The number of nitro groups is 1. The number of carbonyl (C=O) groups excluding carboxylic acids is 2. The maximum Gasteiger partial charge on any atom is 0.282 e. The predicted octanol–water partition coefficient (Wildman–Crippen LogP) is 4.23.